The Balaban J connectivity index is 1.99. The molecular formula is C18H24N2O3. The summed E-state index contributed by atoms with van der Waals surface area (Å²) in [5, 5.41) is 0. The Bertz CT molecular complexity index is 689. The van der Waals surface area contributed by atoms with Crippen molar-refractivity contribution in [2.45, 2.75) is 58.0 Å². The third kappa shape index (κ3) is 3.19. The Morgan fingerprint density at radius 1 is 1.35 bits per heavy atom. The highest BCUT2D eigenvalue weighted by molar-refractivity contribution is 5.80. The lowest BCUT2D eigenvalue weighted by atomic mass is 9.93. The summed E-state index contributed by atoms with van der Waals surface area (Å²) in [4.78, 5) is 18.8. The Morgan fingerprint density at radius 2 is 2.09 bits per heavy atom. The van der Waals surface area contributed by atoms with Crippen LogP contribution in [0.5, 0.6) is 0 Å². The van der Waals surface area contributed by atoms with E-state index in [1.165, 1.54) is 26.4 Å². The molecule has 124 valence electrons. The van der Waals surface area contributed by atoms with Gasteiger partial charge in [0.15, 0.2) is 5.58 Å². The molecule has 1 fully saturated rings. The number of hydrogen-bond acceptors (Lipinski definition) is 5. The summed E-state index contributed by atoms with van der Waals surface area (Å²) < 4.78 is 10.9. The van der Waals surface area contributed by atoms with Gasteiger partial charge in [0, 0.05) is 6.04 Å². The van der Waals surface area contributed by atoms with Crippen LogP contribution in [-0.2, 0) is 9.53 Å². The van der Waals surface area contributed by atoms with Crippen molar-refractivity contribution in [3.8, 4) is 0 Å². The second kappa shape index (κ2) is 6.60. The molecule has 3 rings (SSSR count). The van der Waals surface area contributed by atoms with E-state index in [1.807, 2.05) is 36.9 Å². The molecule has 0 bridgehead atoms. The Labute approximate surface area is 136 Å². The second-order valence-corrected chi connectivity index (χ2v) is 6.37. The Hall–Kier alpha value is -2.04. The Kier molecular flexibility index (Phi) is 4.55. The van der Waals surface area contributed by atoms with E-state index in [4.69, 9.17) is 9.15 Å². The fourth-order valence-electron chi connectivity index (χ4n) is 3.42. The maximum atomic E-state index is 12.1. The van der Waals surface area contributed by atoms with E-state index in [-0.39, 0.29) is 12.0 Å². The molecule has 0 saturated heterocycles. The summed E-state index contributed by atoms with van der Waals surface area (Å²) in [5.74, 6) is -0.256. The lowest BCUT2D eigenvalue weighted by Crippen LogP contribution is -2.47. The van der Waals surface area contributed by atoms with Crippen LogP contribution in [0.25, 0.3) is 11.1 Å². The molecule has 0 aliphatic heterocycles. The topological polar surface area (TPSA) is 55.6 Å². The van der Waals surface area contributed by atoms with Gasteiger partial charge in [-0.3, -0.25) is 0 Å². The van der Waals surface area contributed by atoms with Gasteiger partial charge in [-0.25, -0.2) is 4.79 Å². The van der Waals surface area contributed by atoms with Gasteiger partial charge in [-0.15, -0.1) is 0 Å². The maximum absolute atomic E-state index is 12.1. The zero-order valence-corrected chi connectivity index (χ0v) is 14.0. The van der Waals surface area contributed by atoms with E-state index in [9.17, 15) is 4.79 Å². The van der Waals surface area contributed by atoms with Crippen LogP contribution in [0, 0.1) is 6.92 Å². The maximum Gasteiger partial charge on any atom is 0.328 e. The number of rotatable bonds is 4. The van der Waals surface area contributed by atoms with Crippen molar-refractivity contribution in [1.82, 2.24) is 4.98 Å². The SMILES string of the molecule is COC(=O)[C@H](C)N(c1nc2cc(C)ccc2o1)C1CCCCC1. The van der Waals surface area contributed by atoms with Gasteiger partial charge in [0.2, 0.25) is 0 Å². The lowest BCUT2D eigenvalue weighted by Gasteiger charge is -2.36. The molecule has 0 unspecified atom stereocenters. The van der Waals surface area contributed by atoms with E-state index in [1.54, 1.807) is 0 Å². The standard InChI is InChI=1S/C18H24N2O3/c1-12-9-10-16-15(11-12)19-18(23-16)20(13(2)17(21)22-3)14-7-5-4-6-8-14/h9-11,13-14H,4-8H2,1-3H3/t13-/m0/s1. The van der Waals surface area contributed by atoms with Crippen LogP contribution in [0.1, 0.15) is 44.6 Å². The first-order valence-corrected chi connectivity index (χ1v) is 8.33. The number of fused-ring (bicyclic) bond motifs is 1. The third-order valence-corrected chi connectivity index (χ3v) is 4.68. The predicted octanol–water partition coefficient (Wildman–Crippen LogP) is 3.84. The van der Waals surface area contributed by atoms with Gasteiger partial charge in [0.1, 0.15) is 11.6 Å². The van der Waals surface area contributed by atoms with Gasteiger partial charge in [-0.1, -0.05) is 25.3 Å². The molecule has 2 aromatic rings. The minimum atomic E-state index is -0.405. The van der Waals surface area contributed by atoms with Crippen LogP contribution in [0.3, 0.4) is 0 Å². The van der Waals surface area contributed by atoms with Crippen molar-refractivity contribution in [3.05, 3.63) is 23.8 Å². The molecule has 0 spiro atoms. The average Bonchev–Trinajstić information content (AvgIpc) is 2.97. The van der Waals surface area contributed by atoms with E-state index in [2.05, 4.69) is 4.98 Å². The summed E-state index contributed by atoms with van der Waals surface area (Å²) >= 11 is 0. The van der Waals surface area contributed by atoms with Gasteiger partial charge >= 0.3 is 5.97 Å². The fraction of sp³-hybridized carbons (Fsp3) is 0.556. The van der Waals surface area contributed by atoms with Gasteiger partial charge < -0.3 is 14.1 Å². The number of ether oxygens (including phenoxy) is 1. The lowest BCUT2D eigenvalue weighted by molar-refractivity contribution is -0.142. The highest BCUT2D eigenvalue weighted by Crippen LogP contribution is 2.31. The molecule has 1 heterocycles. The zero-order chi connectivity index (χ0) is 16.4. The van der Waals surface area contributed by atoms with E-state index < -0.39 is 6.04 Å². The molecule has 1 aliphatic rings. The van der Waals surface area contributed by atoms with Crippen molar-refractivity contribution in [1.29, 1.82) is 0 Å². The van der Waals surface area contributed by atoms with Crippen LogP contribution >= 0.6 is 0 Å². The van der Waals surface area contributed by atoms with E-state index >= 15 is 0 Å². The Morgan fingerprint density at radius 3 is 2.78 bits per heavy atom. The number of esters is 1. The van der Waals surface area contributed by atoms with Crippen LogP contribution in [0.4, 0.5) is 6.01 Å². The van der Waals surface area contributed by atoms with E-state index in [0.29, 0.717) is 6.01 Å². The van der Waals surface area contributed by atoms with Crippen LogP contribution in [0.2, 0.25) is 0 Å². The van der Waals surface area contributed by atoms with Crippen molar-refractivity contribution in [2.75, 3.05) is 12.0 Å². The number of methoxy groups -OCH3 is 1. The molecule has 1 aliphatic carbocycles. The molecule has 1 saturated carbocycles. The number of aromatic nitrogens is 1. The molecular weight excluding hydrogens is 292 g/mol. The van der Waals surface area contributed by atoms with Crippen LogP contribution in [-0.4, -0.2) is 30.1 Å². The normalized spacial score (nSPS) is 17.2. The van der Waals surface area contributed by atoms with Gasteiger partial charge in [0.05, 0.1) is 7.11 Å². The smallest absolute Gasteiger partial charge is 0.328 e. The van der Waals surface area contributed by atoms with E-state index in [0.717, 1.165) is 29.5 Å². The van der Waals surface area contributed by atoms with Gasteiger partial charge in [-0.2, -0.15) is 4.98 Å². The fourth-order valence-corrected chi connectivity index (χ4v) is 3.42. The number of hydrogen-bond donors (Lipinski definition) is 0. The number of oxazole rings is 1. The first-order chi connectivity index (χ1) is 11.1. The molecule has 5 heteroatoms. The number of nitrogens with zero attached hydrogens (tertiary/aromatic N) is 2. The molecule has 1 aromatic carbocycles. The van der Waals surface area contributed by atoms with Crippen LogP contribution < -0.4 is 4.90 Å². The summed E-state index contributed by atoms with van der Waals surface area (Å²) in [6.45, 7) is 3.89. The molecule has 0 radical (unpaired) electrons. The van der Waals surface area contributed by atoms with Crippen molar-refractivity contribution in [3.63, 3.8) is 0 Å². The van der Waals surface area contributed by atoms with Crippen LogP contribution in [0.15, 0.2) is 22.6 Å². The summed E-state index contributed by atoms with van der Waals surface area (Å²) in [6, 6.07) is 6.33. The second-order valence-electron chi connectivity index (χ2n) is 6.37. The summed E-state index contributed by atoms with van der Waals surface area (Å²) in [5.41, 5.74) is 2.73. The highest BCUT2D eigenvalue weighted by atomic mass is 16.5. The van der Waals surface area contributed by atoms with Gasteiger partial charge in [0.25, 0.3) is 6.01 Å². The van der Waals surface area contributed by atoms with Gasteiger partial charge in [-0.05, 0) is 44.4 Å². The molecule has 1 atom stereocenters. The zero-order valence-electron chi connectivity index (χ0n) is 14.0. The minimum absolute atomic E-state index is 0.256. The van der Waals surface area contributed by atoms with Crippen molar-refractivity contribution >= 4 is 23.1 Å². The average molecular weight is 316 g/mol. The predicted molar refractivity (Wildman–Crippen MR) is 89.6 cm³/mol. The monoisotopic (exact) mass is 316 g/mol. The first kappa shape index (κ1) is 15.8. The van der Waals surface area contributed by atoms with Crippen molar-refractivity contribution < 1.29 is 13.9 Å². The molecule has 23 heavy (non-hydrogen) atoms. The number of carbonyl (C=O) groups is 1. The highest BCUT2D eigenvalue weighted by Gasteiger charge is 2.33. The summed E-state index contributed by atoms with van der Waals surface area (Å²) in [6.07, 6.45) is 5.71. The molecule has 0 N–H and O–H groups in total. The third-order valence-electron chi connectivity index (χ3n) is 4.68. The number of anilines is 1. The number of benzene rings is 1. The molecule has 0 amide bonds. The first-order valence-electron chi connectivity index (χ1n) is 8.33. The minimum Gasteiger partial charge on any atom is -0.467 e. The molecule has 1 aromatic heterocycles. The summed E-state index contributed by atoms with van der Waals surface area (Å²) in [7, 11) is 1.42. The number of carbonyl (C=O) groups excluding carboxylic acids is 1. The molecule has 5 nitrogen and oxygen atoms in total. The number of aryl methyl sites for hydroxylation is 1. The quantitative estimate of drug-likeness (QED) is 0.802. The largest absolute Gasteiger partial charge is 0.467 e. The van der Waals surface area contributed by atoms with Crippen molar-refractivity contribution in [2.24, 2.45) is 0 Å².